The van der Waals surface area contributed by atoms with Crippen molar-refractivity contribution in [1.29, 1.82) is 0 Å². The molecule has 0 saturated carbocycles. The van der Waals surface area contributed by atoms with E-state index in [1.165, 1.54) is 11.1 Å². The van der Waals surface area contributed by atoms with Crippen molar-refractivity contribution in [1.82, 2.24) is 0 Å². The van der Waals surface area contributed by atoms with Crippen LogP contribution in [0.2, 0.25) is 0 Å². The molecule has 1 aliphatic carbocycles. The van der Waals surface area contributed by atoms with Crippen molar-refractivity contribution >= 4 is 15.9 Å². The lowest BCUT2D eigenvalue weighted by Gasteiger charge is -1.97. The first-order chi connectivity index (χ1) is 5.27. The molecule has 1 aromatic rings. The predicted molar refractivity (Wildman–Crippen MR) is 49.1 cm³/mol. The van der Waals surface area contributed by atoms with Crippen LogP contribution in [0.25, 0.3) is 0 Å². The Bertz CT molecular complexity index is 283. The quantitative estimate of drug-likeness (QED) is 0.654. The molecule has 2 N–H and O–H groups in total. The van der Waals surface area contributed by atoms with Crippen LogP contribution in [0.5, 0.6) is 0 Å². The summed E-state index contributed by atoms with van der Waals surface area (Å²) in [5.74, 6) is 0. The van der Waals surface area contributed by atoms with Gasteiger partial charge in [-0.3, -0.25) is 5.73 Å². The standard InChI is InChI=1S/C9H9BrN/c10-7-2-3-8-6(5-7)1-4-9(8)11/h2-5,9H,1,11H2/q+1. The number of fused-ring (bicyclic) bond motifs is 1. The van der Waals surface area contributed by atoms with Crippen molar-refractivity contribution in [3.8, 4) is 0 Å². The van der Waals surface area contributed by atoms with E-state index in [1.807, 2.05) is 6.07 Å². The Hall–Kier alpha value is -0.470. The van der Waals surface area contributed by atoms with E-state index in [9.17, 15) is 0 Å². The molecule has 0 radical (unpaired) electrons. The van der Waals surface area contributed by atoms with Gasteiger partial charge < -0.3 is 0 Å². The zero-order chi connectivity index (χ0) is 7.84. The summed E-state index contributed by atoms with van der Waals surface area (Å²) in [5.41, 5.74) is 8.45. The molecule has 11 heavy (non-hydrogen) atoms. The second-order valence-corrected chi connectivity index (χ2v) is 3.72. The minimum atomic E-state index is 0.151. The summed E-state index contributed by atoms with van der Waals surface area (Å²) < 4.78 is 1.14. The summed E-state index contributed by atoms with van der Waals surface area (Å²) in [7, 11) is 0. The maximum Gasteiger partial charge on any atom is 0.173 e. The molecule has 56 valence electrons. The maximum absolute atomic E-state index is 5.83. The van der Waals surface area contributed by atoms with Crippen LogP contribution in [-0.4, -0.2) is 0 Å². The topological polar surface area (TPSA) is 26.0 Å². The molecular weight excluding hydrogens is 202 g/mol. The molecule has 1 nitrogen and oxygen atoms in total. The maximum atomic E-state index is 5.83. The summed E-state index contributed by atoms with van der Waals surface area (Å²) in [6, 6.07) is 6.42. The van der Waals surface area contributed by atoms with Gasteiger partial charge in [-0.05, 0) is 12.1 Å². The molecule has 1 atom stereocenters. The van der Waals surface area contributed by atoms with E-state index < -0.39 is 0 Å². The molecule has 1 aromatic carbocycles. The molecule has 0 aliphatic heterocycles. The van der Waals surface area contributed by atoms with E-state index in [0.717, 1.165) is 10.9 Å². The highest BCUT2D eigenvalue weighted by Crippen LogP contribution is 2.30. The predicted octanol–water partition coefficient (Wildman–Crippen LogP) is 2.21. The number of benzene rings is 1. The largest absolute Gasteiger partial charge is 0.286 e. The van der Waals surface area contributed by atoms with Crippen LogP contribution >= 0.6 is 15.9 Å². The van der Waals surface area contributed by atoms with Gasteiger partial charge >= 0.3 is 0 Å². The fraction of sp³-hybridized carbons (Fsp3) is 0.222. The summed E-state index contributed by atoms with van der Waals surface area (Å²) in [4.78, 5) is 0. The first-order valence-electron chi connectivity index (χ1n) is 3.64. The van der Waals surface area contributed by atoms with Crippen molar-refractivity contribution in [2.75, 3.05) is 0 Å². The van der Waals surface area contributed by atoms with Crippen LogP contribution in [-0.2, 0) is 6.42 Å². The third-order valence-corrected chi connectivity index (χ3v) is 2.55. The van der Waals surface area contributed by atoms with Crippen LogP contribution in [0.15, 0.2) is 22.7 Å². The lowest BCUT2D eigenvalue weighted by Crippen LogP contribution is -2.05. The number of halogens is 1. The molecule has 0 fully saturated rings. The minimum absolute atomic E-state index is 0.151. The summed E-state index contributed by atoms with van der Waals surface area (Å²) in [6.45, 7) is 0. The van der Waals surface area contributed by atoms with Gasteiger partial charge in [0.1, 0.15) is 12.8 Å². The van der Waals surface area contributed by atoms with E-state index in [1.54, 1.807) is 0 Å². The van der Waals surface area contributed by atoms with Gasteiger partial charge in [-0.15, -0.1) is 0 Å². The zero-order valence-electron chi connectivity index (χ0n) is 6.05. The van der Waals surface area contributed by atoms with Gasteiger partial charge in [0.15, 0.2) is 6.04 Å². The van der Waals surface area contributed by atoms with Crippen LogP contribution < -0.4 is 5.73 Å². The Kier molecular flexibility index (Phi) is 1.66. The average molecular weight is 211 g/mol. The van der Waals surface area contributed by atoms with E-state index in [0.29, 0.717) is 0 Å². The summed E-state index contributed by atoms with van der Waals surface area (Å²) >= 11 is 3.43. The van der Waals surface area contributed by atoms with Crippen LogP contribution in [0.4, 0.5) is 0 Å². The van der Waals surface area contributed by atoms with Crippen molar-refractivity contribution in [3.05, 3.63) is 40.2 Å². The first-order valence-corrected chi connectivity index (χ1v) is 4.44. The van der Waals surface area contributed by atoms with Crippen LogP contribution in [0.3, 0.4) is 0 Å². The van der Waals surface area contributed by atoms with Gasteiger partial charge in [-0.2, -0.15) is 0 Å². The second-order valence-electron chi connectivity index (χ2n) is 2.81. The van der Waals surface area contributed by atoms with Gasteiger partial charge in [0.2, 0.25) is 0 Å². The second kappa shape index (κ2) is 2.54. The Morgan fingerprint density at radius 3 is 3.18 bits per heavy atom. The van der Waals surface area contributed by atoms with Crippen molar-refractivity contribution < 1.29 is 0 Å². The van der Waals surface area contributed by atoms with E-state index >= 15 is 0 Å². The molecule has 1 aliphatic rings. The van der Waals surface area contributed by atoms with E-state index in [-0.39, 0.29) is 6.04 Å². The van der Waals surface area contributed by atoms with Gasteiger partial charge in [0.25, 0.3) is 0 Å². The van der Waals surface area contributed by atoms with Gasteiger partial charge in [0.05, 0.1) is 0 Å². The lowest BCUT2D eigenvalue weighted by atomic mass is 10.1. The smallest absolute Gasteiger partial charge is 0.173 e. The van der Waals surface area contributed by atoms with Crippen molar-refractivity contribution in [3.63, 3.8) is 0 Å². The fourth-order valence-corrected chi connectivity index (χ4v) is 1.87. The molecule has 0 amide bonds. The molecule has 0 saturated heterocycles. The monoisotopic (exact) mass is 210 g/mol. The number of hydrogen-bond acceptors (Lipinski definition) is 1. The van der Waals surface area contributed by atoms with Crippen LogP contribution in [0.1, 0.15) is 17.2 Å². The van der Waals surface area contributed by atoms with Crippen molar-refractivity contribution in [2.45, 2.75) is 12.5 Å². The molecule has 2 rings (SSSR count). The molecule has 0 bridgehead atoms. The Balaban J connectivity index is 2.50. The highest BCUT2D eigenvalue weighted by Gasteiger charge is 2.26. The third kappa shape index (κ3) is 1.17. The Morgan fingerprint density at radius 1 is 1.55 bits per heavy atom. The zero-order valence-corrected chi connectivity index (χ0v) is 7.64. The summed E-state index contributed by atoms with van der Waals surface area (Å²) in [6.07, 6.45) is 3.15. The number of nitrogens with two attached hydrogens (primary N) is 1. The highest BCUT2D eigenvalue weighted by molar-refractivity contribution is 9.10. The first kappa shape index (κ1) is 7.19. The molecule has 2 heteroatoms. The molecular formula is C9H9BrN+. The van der Waals surface area contributed by atoms with Crippen molar-refractivity contribution in [2.24, 2.45) is 5.73 Å². The Labute approximate surface area is 74.7 Å². The van der Waals surface area contributed by atoms with E-state index in [2.05, 4.69) is 34.5 Å². The normalized spacial score (nSPS) is 21.1. The molecule has 0 spiro atoms. The fourth-order valence-electron chi connectivity index (χ4n) is 1.46. The average Bonchev–Trinajstić information content (AvgIpc) is 2.32. The molecule has 0 aromatic heterocycles. The number of rotatable bonds is 0. The molecule has 0 heterocycles. The Morgan fingerprint density at radius 2 is 2.36 bits per heavy atom. The lowest BCUT2D eigenvalue weighted by molar-refractivity contribution is 0.868. The van der Waals surface area contributed by atoms with Crippen LogP contribution in [0, 0.1) is 6.42 Å². The molecule has 1 unspecified atom stereocenters. The summed E-state index contributed by atoms with van der Waals surface area (Å²) in [5, 5.41) is 0. The minimum Gasteiger partial charge on any atom is -0.286 e. The van der Waals surface area contributed by atoms with Gasteiger partial charge in [0, 0.05) is 15.6 Å². The SMILES string of the molecule is NC1[CH+]Cc2cc(Br)ccc21. The van der Waals surface area contributed by atoms with E-state index in [4.69, 9.17) is 5.73 Å². The number of hydrogen-bond donors (Lipinski definition) is 1. The highest BCUT2D eigenvalue weighted by atomic mass is 79.9. The third-order valence-electron chi connectivity index (χ3n) is 2.06. The van der Waals surface area contributed by atoms with Gasteiger partial charge in [-0.1, -0.05) is 22.0 Å². The van der Waals surface area contributed by atoms with Gasteiger partial charge in [-0.25, -0.2) is 0 Å².